The maximum absolute atomic E-state index is 12.4. The molecule has 0 spiro atoms. The fourth-order valence-corrected chi connectivity index (χ4v) is 3.05. The Morgan fingerprint density at radius 3 is 2.58 bits per heavy atom. The van der Waals surface area contributed by atoms with Crippen LogP contribution < -0.4 is 5.62 Å². The standard InChI is InChI=1S/C18H15BrClN3O/c1-22-16(13-3-2-4-14(19)9-13)10-23(18(22)21)11-17(24)12-5-7-15(20)8-6-12/h2-10,21H,11H2,1H3. The lowest BCUT2D eigenvalue weighted by Crippen LogP contribution is -2.25. The summed E-state index contributed by atoms with van der Waals surface area (Å²) in [5, 5.41) is 8.84. The van der Waals surface area contributed by atoms with E-state index in [1.165, 1.54) is 0 Å². The van der Waals surface area contributed by atoms with Crippen molar-refractivity contribution in [2.24, 2.45) is 7.05 Å². The highest BCUT2D eigenvalue weighted by Crippen LogP contribution is 2.22. The number of nitrogens with zero attached hydrogens (tertiary/aromatic N) is 2. The van der Waals surface area contributed by atoms with Crippen molar-refractivity contribution < 1.29 is 4.79 Å². The van der Waals surface area contributed by atoms with Crippen LogP contribution in [0.4, 0.5) is 0 Å². The molecule has 3 rings (SSSR count). The molecule has 1 heterocycles. The van der Waals surface area contributed by atoms with Gasteiger partial charge in [-0.25, -0.2) is 0 Å². The molecule has 0 aliphatic carbocycles. The molecule has 3 aromatic rings. The first-order chi connectivity index (χ1) is 11.5. The zero-order valence-electron chi connectivity index (χ0n) is 13.0. The van der Waals surface area contributed by atoms with E-state index in [2.05, 4.69) is 15.9 Å². The number of benzene rings is 2. The van der Waals surface area contributed by atoms with E-state index in [9.17, 15) is 4.79 Å². The number of aromatic nitrogens is 2. The van der Waals surface area contributed by atoms with Crippen molar-refractivity contribution >= 4 is 33.3 Å². The Bertz CT molecular complexity index is 957. The third-order valence-corrected chi connectivity index (χ3v) is 4.57. The Hall–Kier alpha value is -2.11. The first-order valence-electron chi connectivity index (χ1n) is 7.31. The Kier molecular flexibility index (Phi) is 4.73. The number of carbonyl (C=O) groups excluding carboxylic acids is 1. The highest BCUT2D eigenvalue weighted by molar-refractivity contribution is 9.10. The Balaban J connectivity index is 1.92. The molecular weight excluding hydrogens is 390 g/mol. The van der Waals surface area contributed by atoms with E-state index in [0.29, 0.717) is 10.6 Å². The lowest BCUT2D eigenvalue weighted by molar-refractivity contribution is 0.0970. The molecule has 0 fully saturated rings. The maximum Gasteiger partial charge on any atom is 0.202 e. The van der Waals surface area contributed by atoms with Gasteiger partial charge in [-0.1, -0.05) is 39.7 Å². The van der Waals surface area contributed by atoms with Gasteiger partial charge in [-0.3, -0.25) is 10.2 Å². The van der Waals surface area contributed by atoms with Gasteiger partial charge in [0.1, 0.15) is 0 Å². The van der Waals surface area contributed by atoms with Crippen LogP contribution in [-0.2, 0) is 13.6 Å². The van der Waals surface area contributed by atoms with Crippen LogP contribution in [0.3, 0.4) is 0 Å². The molecule has 0 saturated heterocycles. The Morgan fingerprint density at radius 1 is 1.21 bits per heavy atom. The van der Waals surface area contributed by atoms with Crippen molar-refractivity contribution in [2.75, 3.05) is 0 Å². The number of hydrogen-bond donors (Lipinski definition) is 1. The summed E-state index contributed by atoms with van der Waals surface area (Å²) in [6.45, 7) is 0.113. The minimum Gasteiger partial charge on any atom is -0.314 e. The molecule has 0 saturated carbocycles. The number of nitrogens with one attached hydrogen (secondary N) is 1. The molecule has 0 atom stereocenters. The molecule has 0 aliphatic rings. The van der Waals surface area contributed by atoms with Crippen molar-refractivity contribution in [3.8, 4) is 11.3 Å². The zero-order valence-corrected chi connectivity index (χ0v) is 15.3. The largest absolute Gasteiger partial charge is 0.314 e. The summed E-state index contributed by atoms with van der Waals surface area (Å²) >= 11 is 9.31. The average molecular weight is 405 g/mol. The monoisotopic (exact) mass is 403 g/mol. The summed E-state index contributed by atoms with van der Waals surface area (Å²) < 4.78 is 4.38. The SMILES string of the molecule is Cn1c(-c2cccc(Br)c2)cn(CC(=O)c2ccc(Cl)cc2)c1=N. The minimum absolute atomic E-state index is 0.0587. The number of rotatable bonds is 4. The summed E-state index contributed by atoms with van der Waals surface area (Å²) in [6.07, 6.45) is 1.83. The van der Waals surface area contributed by atoms with Crippen molar-refractivity contribution in [3.63, 3.8) is 0 Å². The summed E-state index contributed by atoms with van der Waals surface area (Å²) in [4.78, 5) is 12.4. The van der Waals surface area contributed by atoms with Crippen molar-refractivity contribution in [2.45, 2.75) is 6.54 Å². The smallest absolute Gasteiger partial charge is 0.202 e. The van der Waals surface area contributed by atoms with Gasteiger partial charge in [-0.2, -0.15) is 0 Å². The highest BCUT2D eigenvalue weighted by atomic mass is 79.9. The van der Waals surface area contributed by atoms with Crippen molar-refractivity contribution in [3.05, 3.63) is 75.4 Å². The number of Topliss-reactive ketones (excluding diaryl/α,β-unsaturated/α-hetero) is 1. The van der Waals surface area contributed by atoms with E-state index in [-0.39, 0.29) is 17.9 Å². The molecule has 122 valence electrons. The predicted molar refractivity (Wildman–Crippen MR) is 98.2 cm³/mol. The quantitative estimate of drug-likeness (QED) is 0.649. The van der Waals surface area contributed by atoms with Gasteiger partial charge in [-0.15, -0.1) is 0 Å². The van der Waals surface area contributed by atoms with E-state index in [1.54, 1.807) is 33.4 Å². The first kappa shape index (κ1) is 16.7. The molecule has 24 heavy (non-hydrogen) atoms. The molecule has 2 aromatic carbocycles. The summed E-state index contributed by atoms with van der Waals surface area (Å²) in [7, 11) is 1.82. The molecule has 0 aliphatic heterocycles. The van der Waals surface area contributed by atoms with Crippen LogP contribution in [-0.4, -0.2) is 14.9 Å². The van der Waals surface area contributed by atoms with Crippen LogP contribution in [0.2, 0.25) is 5.02 Å². The number of halogens is 2. The van der Waals surface area contributed by atoms with Gasteiger partial charge in [-0.05, 0) is 36.4 Å². The fraction of sp³-hybridized carbons (Fsp3) is 0.111. The second-order valence-corrected chi connectivity index (χ2v) is 6.82. The Morgan fingerprint density at radius 2 is 1.92 bits per heavy atom. The minimum atomic E-state index is -0.0587. The molecule has 0 bridgehead atoms. The number of imidazole rings is 1. The number of ketones is 1. The van der Waals surface area contributed by atoms with E-state index >= 15 is 0 Å². The van der Waals surface area contributed by atoms with E-state index in [0.717, 1.165) is 15.7 Å². The topological polar surface area (TPSA) is 50.8 Å². The third-order valence-electron chi connectivity index (χ3n) is 3.83. The summed E-state index contributed by atoms with van der Waals surface area (Å²) in [5.41, 5.74) is 2.72. The van der Waals surface area contributed by atoms with Crippen LogP contribution in [0, 0.1) is 5.41 Å². The van der Waals surface area contributed by atoms with Crippen molar-refractivity contribution in [1.29, 1.82) is 5.41 Å². The number of carbonyl (C=O) groups is 1. The van der Waals surface area contributed by atoms with Crippen LogP contribution >= 0.6 is 27.5 Å². The molecular formula is C18H15BrClN3O. The van der Waals surface area contributed by atoms with Gasteiger partial charge in [0.2, 0.25) is 5.62 Å². The fourth-order valence-electron chi connectivity index (χ4n) is 2.52. The molecule has 0 unspecified atom stereocenters. The van der Waals surface area contributed by atoms with Gasteiger partial charge in [0.25, 0.3) is 0 Å². The second-order valence-electron chi connectivity index (χ2n) is 5.47. The van der Waals surface area contributed by atoms with Gasteiger partial charge in [0.05, 0.1) is 12.2 Å². The Labute approximate surface area is 153 Å². The summed E-state index contributed by atoms with van der Waals surface area (Å²) in [5.74, 6) is -0.0587. The van der Waals surface area contributed by atoms with Crippen molar-refractivity contribution in [1.82, 2.24) is 9.13 Å². The second kappa shape index (κ2) is 6.79. The van der Waals surface area contributed by atoms with Gasteiger partial charge >= 0.3 is 0 Å². The average Bonchev–Trinajstić information content (AvgIpc) is 2.84. The predicted octanol–water partition coefficient (Wildman–Crippen LogP) is 4.27. The first-order valence-corrected chi connectivity index (χ1v) is 8.48. The lowest BCUT2D eigenvalue weighted by Gasteiger charge is -2.02. The lowest BCUT2D eigenvalue weighted by atomic mass is 10.1. The third kappa shape index (κ3) is 3.37. The van der Waals surface area contributed by atoms with Crippen LogP contribution in [0.5, 0.6) is 0 Å². The highest BCUT2D eigenvalue weighted by Gasteiger charge is 2.12. The molecule has 0 radical (unpaired) electrons. The van der Waals surface area contributed by atoms with Gasteiger partial charge in [0.15, 0.2) is 5.78 Å². The van der Waals surface area contributed by atoms with Crippen LogP contribution in [0.15, 0.2) is 59.2 Å². The maximum atomic E-state index is 12.4. The van der Waals surface area contributed by atoms with E-state index < -0.39 is 0 Å². The van der Waals surface area contributed by atoms with Gasteiger partial charge in [0, 0.05) is 33.9 Å². The van der Waals surface area contributed by atoms with E-state index in [1.807, 2.05) is 37.5 Å². The van der Waals surface area contributed by atoms with Gasteiger partial charge < -0.3 is 9.13 Å². The summed E-state index contributed by atoms with van der Waals surface area (Å²) in [6, 6.07) is 14.6. The normalized spacial score (nSPS) is 10.8. The molecule has 1 aromatic heterocycles. The zero-order chi connectivity index (χ0) is 17.3. The number of hydrogen-bond acceptors (Lipinski definition) is 2. The molecule has 1 N–H and O–H groups in total. The van der Waals surface area contributed by atoms with Crippen LogP contribution in [0.25, 0.3) is 11.3 Å². The molecule has 0 amide bonds. The van der Waals surface area contributed by atoms with Crippen LogP contribution in [0.1, 0.15) is 10.4 Å². The molecule has 4 nitrogen and oxygen atoms in total. The van der Waals surface area contributed by atoms with E-state index in [4.69, 9.17) is 17.0 Å². The molecule has 6 heteroatoms.